The van der Waals surface area contributed by atoms with Crippen LogP contribution in [0.1, 0.15) is 12.0 Å². The Morgan fingerprint density at radius 2 is 1.96 bits per heavy atom. The quantitative estimate of drug-likeness (QED) is 0.347. The lowest BCUT2D eigenvalue weighted by Gasteiger charge is -2.09. The van der Waals surface area contributed by atoms with Crippen molar-refractivity contribution in [3.63, 3.8) is 0 Å². The van der Waals surface area contributed by atoms with Gasteiger partial charge in [-0.2, -0.15) is 0 Å². The van der Waals surface area contributed by atoms with Gasteiger partial charge in [-0.3, -0.25) is 14.9 Å². The van der Waals surface area contributed by atoms with Crippen LogP contribution in [0.5, 0.6) is 11.5 Å². The van der Waals surface area contributed by atoms with Gasteiger partial charge in [0.2, 0.25) is 0 Å². The van der Waals surface area contributed by atoms with Crippen LogP contribution in [-0.2, 0) is 11.2 Å². The summed E-state index contributed by atoms with van der Waals surface area (Å²) in [7, 11) is 1.39. The molecule has 0 bridgehead atoms. The van der Waals surface area contributed by atoms with E-state index >= 15 is 0 Å². The standard InChI is InChI=1S/C16H14ClNO5/c1-22-14-8-7-12(18(20)21)10-15(14)23-16(19)9-6-11-4-2-3-5-13(11)17/h2-5,7-8,10H,6,9H2,1H3. The molecule has 0 radical (unpaired) electrons. The van der Waals surface area contributed by atoms with Gasteiger partial charge in [0.05, 0.1) is 24.5 Å². The molecule has 0 atom stereocenters. The maximum atomic E-state index is 12.0. The summed E-state index contributed by atoms with van der Waals surface area (Å²) >= 11 is 6.02. The monoisotopic (exact) mass is 335 g/mol. The minimum absolute atomic E-state index is 0.0193. The Morgan fingerprint density at radius 1 is 1.22 bits per heavy atom. The number of hydrogen-bond acceptors (Lipinski definition) is 5. The number of benzene rings is 2. The van der Waals surface area contributed by atoms with Gasteiger partial charge in [-0.1, -0.05) is 29.8 Å². The number of ether oxygens (including phenoxy) is 2. The Bertz CT molecular complexity index is 732. The average molecular weight is 336 g/mol. The third-order valence-corrected chi connectivity index (χ3v) is 3.51. The van der Waals surface area contributed by atoms with Gasteiger partial charge in [-0.15, -0.1) is 0 Å². The molecule has 23 heavy (non-hydrogen) atoms. The molecule has 0 saturated carbocycles. The van der Waals surface area contributed by atoms with Gasteiger partial charge in [0.25, 0.3) is 5.69 Å². The highest BCUT2D eigenvalue weighted by atomic mass is 35.5. The van der Waals surface area contributed by atoms with Crippen LogP contribution in [0, 0.1) is 10.1 Å². The van der Waals surface area contributed by atoms with Crippen molar-refractivity contribution in [2.75, 3.05) is 7.11 Å². The highest BCUT2D eigenvalue weighted by Gasteiger charge is 2.16. The molecule has 0 saturated heterocycles. The molecule has 0 aliphatic rings. The number of hydrogen-bond donors (Lipinski definition) is 0. The van der Waals surface area contributed by atoms with Crippen molar-refractivity contribution in [3.05, 3.63) is 63.2 Å². The molecule has 2 rings (SSSR count). The summed E-state index contributed by atoms with van der Waals surface area (Å²) in [6.45, 7) is 0. The van der Waals surface area contributed by atoms with Crippen LogP contribution < -0.4 is 9.47 Å². The van der Waals surface area contributed by atoms with Crippen LogP contribution in [0.25, 0.3) is 0 Å². The minimum Gasteiger partial charge on any atom is -0.493 e. The Balaban J connectivity index is 2.06. The molecule has 0 fully saturated rings. The van der Waals surface area contributed by atoms with Crippen molar-refractivity contribution in [1.82, 2.24) is 0 Å². The second-order valence-electron chi connectivity index (χ2n) is 4.66. The second-order valence-corrected chi connectivity index (χ2v) is 5.06. The second kappa shape index (κ2) is 7.60. The lowest BCUT2D eigenvalue weighted by Crippen LogP contribution is -2.10. The van der Waals surface area contributed by atoms with E-state index in [1.807, 2.05) is 12.1 Å². The fourth-order valence-corrected chi connectivity index (χ4v) is 2.20. The van der Waals surface area contributed by atoms with E-state index in [9.17, 15) is 14.9 Å². The fraction of sp³-hybridized carbons (Fsp3) is 0.188. The maximum absolute atomic E-state index is 12.0. The molecule has 0 spiro atoms. The first-order valence-corrected chi connectivity index (χ1v) is 7.15. The summed E-state index contributed by atoms with van der Waals surface area (Å²) in [4.78, 5) is 22.2. The Labute approximate surface area is 137 Å². The molecule has 0 aliphatic heterocycles. The van der Waals surface area contributed by atoms with E-state index in [0.29, 0.717) is 11.4 Å². The number of rotatable bonds is 6. The Morgan fingerprint density at radius 3 is 2.61 bits per heavy atom. The van der Waals surface area contributed by atoms with Crippen molar-refractivity contribution in [2.45, 2.75) is 12.8 Å². The molecular formula is C16H14ClNO5. The van der Waals surface area contributed by atoms with E-state index in [2.05, 4.69) is 0 Å². The van der Waals surface area contributed by atoms with Gasteiger partial charge in [-0.05, 0) is 24.1 Å². The number of carbonyl (C=O) groups excluding carboxylic acids is 1. The van der Waals surface area contributed by atoms with Crippen molar-refractivity contribution in [2.24, 2.45) is 0 Å². The van der Waals surface area contributed by atoms with E-state index in [1.54, 1.807) is 12.1 Å². The number of aryl methyl sites for hydroxylation is 1. The summed E-state index contributed by atoms with van der Waals surface area (Å²) in [5.74, 6) is -0.253. The van der Waals surface area contributed by atoms with E-state index < -0.39 is 10.9 Å². The lowest BCUT2D eigenvalue weighted by atomic mass is 10.1. The van der Waals surface area contributed by atoms with E-state index in [-0.39, 0.29) is 23.6 Å². The Hall–Kier alpha value is -2.60. The van der Waals surface area contributed by atoms with Gasteiger partial charge >= 0.3 is 5.97 Å². The van der Waals surface area contributed by atoms with Crippen molar-refractivity contribution >= 4 is 23.3 Å². The van der Waals surface area contributed by atoms with Crippen molar-refractivity contribution in [3.8, 4) is 11.5 Å². The first kappa shape index (κ1) is 16.8. The van der Waals surface area contributed by atoms with Gasteiger partial charge in [-0.25, -0.2) is 0 Å². The van der Waals surface area contributed by atoms with E-state index in [0.717, 1.165) is 11.6 Å². The van der Waals surface area contributed by atoms with E-state index in [1.165, 1.54) is 19.2 Å². The maximum Gasteiger partial charge on any atom is 0.311 e. The summed E-state index contributed by atoms with van der Waals surface area (Å²) in [5, 5.41) is 11.4. The zero-order chi connectivity index (χ0) is 16.8. The van der Waals surface area contributed by atoms with Gasteiger partial charge in [0.15, 0.2) is 11.5 Å². The first-order valence-electron chi connectivity index (χ1n) is 6.77. The Kier molecular flexibility index (Phi) is 5.54. The molecule has 0 heterocycles. The predicted molar refractivity (Wildman–Crippen MR) is 85.1 cm³/mol. The molecule has 0 aromatic heterocycles. The number of esters is 1. The van der Waals surface area contributed by atoms with Crippen molar-refractivity contribution < 1.29 is 19.2 Å². The van der Waals surface area contributed by atoms with Crippen LogP contribution in [0.2, 0.25) is 5.02 Å². The summed E-state index contributed by atoms with van der Waals surface area (Å²) in [5.41, 5.74) is 0.650. The lowest BCUT2D eigenvalue weighted by molar-refractivity contribution is -0.384. The van der Waals surface area contributed by atoms with E-state index in [4.69, 9.17) is 21.1 Å². The summed E-state index contributed by atoms with van der Waals surface area (Å²) in [6.07, 6.45) is 0.505. The zero-order valence-corrected chi connectivity index (χ0v) is 13.1. The number of non-ortho nitro benzene ring substituents is 1. The number of nitrogens with zero attached hydrogens (tertiary/aromatic N) is 1. The van der Waals surface area contributed by atoms with Crippen LogP contribution in [0.3, 0.4) is 0 Å². The normalized spacial score (nSPS) is 10.2. The third-order valence-electron chi connectivity index (χ3n) is 3.14. The van der Waals surface area contributed by atoms with Crippen LogP contribution >= 0.6 is 11.6 Å². The zero-order valence-electron chi connectivity index (χ0n) is 12.3. The topological polar surface area (TPSA) is 78.7 Å². The number of halogens is 1. The minimum atomic E-state index is -0.569. The molecule has 0 aliphatic carbocycles. The van der Waals surface area contributed by atoms with Gasteiger partial charge in [0.1, 0.15) is 0 Å². The smallest absolute Gasteiger partial charge is 0.311 e. The average Bonchev–Trinajstić information content (AvgIpc) is 2.54. The summed E-state index contributed by atoms with van der Waals surface area (Å²) in [6, 6.07) is 11.0. The molecule has 0 N–H and O–H groups in total. The molecule has 120 valence electrons. The summed E-state index contributed by atoms with van der Waals surface area (Å²) < 4.78 is 10.2. The molecular weight excluding hydrogens is 322 g/mol. The van der Waals surface area contributed by atoms with Crippen LogP contribution in [-0.4, -0.2) is 18.0 Å². The fourth-order valence-electron chi connectivity index (χ4n) is 1.97. The first-order chi connectivity index (χ1) is 11.0. The molecule has 0 unspecified atom stereocenters. The van der Waals surface area contributed by atoms with Crippen molar-refractivity contribution in [1.29, 1.82) is 0 Å². The van der Waals surface area contributed by atoms with Gasteiger partial charge in [0, 0.05) is 11.1 Å². The highest BCUT2D eigenvalue weighted by molar-refractivity contribution is 6.31. The predicted octanol–water partition coefficient (Wildman–Crippen LogP) is 3.80. The largest absolute Gasteiger partial charge is 0.493 e. The van der Waals surface area contributed by atoms with Crippen LogP contribution in [0.4, 0.5) is 5.69 Å². The molecule has 2 aromatic rings. The molecule has 6 nitrogen and oxygen atoms in total. The molecule has 7 heteroatoms. The van der Waals surface area contributed by atoms with Gasteiger partial charge < -0.3 is 9.47 Å². The molecule has 2 aromatic carbocycles. The van der Waals surface area contributed by atoms with Crippen LogP contribution in [0.15, 0.2) is 42.5 Å². The number of methoxy groups -OCH3 is 1. The highest BCUT2D eigenvalue weighted by Crippen LogP contribution is 2.31. The SMILES string of the molecule is COc1ccc([N+](=O)[O-])cc1OC(=O)CCc1ccccc1Cl. The molecule has 0 amide bonds. The number of carbonyl (C=O) groups is 1. The number of nitro groups is 1. The third kappa shape index (κ3) is 4.43. The number of nitro benzene ring substituents is 1.